The quantitative estimate of drug-likeness (QED) is 0.629. The van der Waals surface area contributed by atoms with E-state index in [4.69, 9.17) is 5.73 Å². The summed E-state index contributed by atoms with van der Waals surface area (Å²) in [5.41, 5.74) is 10.5. The van der Waals surface area contributed by atoms with E-state index in [9.17, 15) is 15.3 Å². The van der Waals surface area contributed by atoms with Crippen LogP contribution >= 0.6 is 0 Å². The second-order valence-corrected chi connectivity index (χ2v) is 9.77. The standard InChI is InChI=1S/C27H22N6O/c1-14-9-16-15(2)11-26(3,4)33-22(16)17(10-14)27(25(33)34)18(12-28)23(30)32-21-8-6-5-7-20(21)31-24(32)19(27)13-29/h5-11,31H,30H2,1-4H3/t27-/m1/s1. The summed E-state index contributed by atoms with van der Waals surface area (Å²) in [5.74, 6) is 0.245. The van der Waals surface area contributed by atoms with Gasteiger partial charge in [0.05, 0.1) is 33.7 Å². The molecule has 0 saturated heterocycles. The zero-order valence-corrected chi connectivity index (χ0v) is 19.3. The lowest BCUT2D eigenvalue weighted by atomic mass is 9.67. The summed E-state index contributed by atoms with van der Waals surface area (Å²) in [6, 6.07) is 16.0. The normalized spacial score (nSPS) is 23.2. The zero-order chi connectivity index (χ0) is 24.2. The fraction of sp³-hybridized carbons (Fsp3) is 0.222. The van der Waals surface area contributed by atoms with Gasteiger partial charge in [0.2, 0.25) is 5.91 Å². The molecule has 7 heteroatoms. The van der Waals surface area contributed by atoms with Crippen LogP contribution in [0.2, 0.25) is 0 Å². The monoisotopic (exact) mass is 446 g/mol. The van der Waals surface area contributed by atoms with E-state index in [1.807, 2.05) is 58.0 Å². The summed E-state index contributed by atoms with van der Waals surface area (Å²) < 4.78 is 0. The summed E-state index contributed by atoms with van der Waals surface area (Å²) in [4.78, 5) is 18.0. The number of amides is 1. The van der Waals surface area contributed by atoms with Gasteiger partial charge in [-0.25, -0.2) is 0 Å². The molecule has 0 fully saturated rings. The summed E-state index contributed by atoms with van der Waals surface area (Å²) in [5, 5.41) is 24.3. The summed E-state index contributed by atoms with van der Waals surface area (Å²) >= 11 is 0. The van der Waals surface area contributed by atoms with Crippen molar-refractivity contribution in [3.63, 3.8) is 0 Å². The molecule has 0 aromatic heterocycles. The van der Waals surface area contributed by atoms with Crippen LogP contribution < -0.4 is 20.9 Å². The topological polar surface area (TPSA) is 109 Å². The highest BCUT2D eigenvalue weighted by molar-refractivity contribution is 6.18. The van der Waals surface area contributed by atoms with Gasteiger partial charge >= 0.3 is 0 Å². The molecule has 0 unspecified atom stereocenters. The van der Waals surface area contributed by atoms with Gasteiger partial charge in [0, 0.05) is 11.1 Å². The van der Waals surface area contributed by atoms with E-state index in [2.05, 4.69) is 29.6 Å². The first-order valence-corrected chi connectivity index (χ1v) is 11.1. The number of para-hydroxylation sites is 2. The number of nitrogens with one attached hydrogen (secondary N) is 1. The van der Waals surface area contributed by atoms with Crippen molar-refractivity contribution in [1.82, 2.24) is 0 Å². The molecule has 3 N–H and O–H groups in total. The predicted octanol–water partition coefficient (Wildman–Crippen LogP) is 4.15. The first kappa shape index (κ1) is 20.1. The number of nitrogens with zero attached hydrogens (tertiary/aromatic N) is 4. The Morgan fingerprint density at radius 3 is 2.47 bits per heavy atom. The highest BCUT2D eigenvalue weighted by atomic mass is 16.2. The summed E-state index contributed by atoms with van der Waals surface area (Å²) in [7, 11) is 0. The average molecular weight is 447 g/mol. The minimum atomic E-state index is -1.62. The minimum absolute atomic E-state index is 0.0759. The molecule has 4 heterocycles. The van der Waals surface area contributed by atoms with E-state index in [1.165, 1.54) is 0 Å². The van der Waals surface area contributed by atoms with Crippen LogP contribution in [0.4, 0.5) is 17.1 Å². The Balaban J connectivity index is 1.78. The van der Waals surface area contributed by atoms with Crippen LogP contribution in [-0.2, 0) is 10.2 Å². The number of nitrogens with two attached hydrogens (primary N) is 1. The van der Waals surface area contributed by atoms with Crippen LogP contribution in [0.25, 0.3) is 5.57 Å². The third kappa shape index (κ3) is 2.03. The number of benzene rings is 2. The Labute approximate surface area is 197 Å². The second-order valence-electron chi connectivity index (χ2n) is 9.77. The minimum Gasteiger partial charge on any atom is -0.384 e. The van der Waals surface area contributed by atoms with Gasteiger partial charge in [-0.15, -0.1) is 0 Å². The zero-order valence-electron chi connectivity index (χ0n) is 19.3. The van der Waals surface area contributed by atoms with Crippen molar-refractivity contribution in [1.29, 1.82) is 10.5 Å². The molecular weight excluding hydrogens is 424 g/mol. The van der Waals surface area contributed by atoms with Crippen molar-refractivity contribution >= 4 is 28.5 Å². The number of fused-ring (bicyclic) bond motifs is 4. The Morgan fingerprint density at radius 1 is 1.06 bits per heavy atom. The van der Waals surface area contributed by atoms with Crippen LogP contribution in [0.5, 0.6) is 0 Å². The Hall–Kier alpha value is -4.49. The van der Waals surface area contributed by atoms with Crippen LogP contribution in [0.15, 0.2) is 65.3 Å². The van der Waals surface area contributed by atoms with Crippen LogP contribution in [0.3, 0.4) is 0 Å². The molecule has 1 spiro atoms. The van der Waals surface area contributed by atoms with E-state index in [0.29, 0.717) is 11.4 Å². The molecule has 0 aliphatic carbocycles. The third-order valence-electron chi connectivity index (χ3n) is 7.31. The van der Waals surface area contributed by atoms with Crippen LogP contribution in [0.1, 0.15) is 37.5 Å². The molecule has 166 valence electrons. The molecule has 6 rings (SSSR count). The van der Waals surface area contributed by atoms with Crippen molar-refractivity contribution in [2.45, 2.75) is 38.6 Å². The maximum Gasteiger partial charge on any atom is 0.249 e. The van der Waals surface area contributed by atoms with Gasteiger partial charge in [-0.3, -0.25) is 9.69 Å². The maximum atomic E-state index is 14.6. The molecule has 7 nitrogen and oxygen atoms in total. The highest BCUT2D eigenvalue weighted by Gasteiger charge is 2.64. The fourth-order valence-corrected chi connectivity index (χ4v) is 6.08. The SMILES string of the molecule is CC1=CC(C)(C)N2C(=O)[C@@]3(C(C#N)=C(N)N4C(=C3C#N)Nc3ccccc34)c3cc(C)cc1c32. The predicted molar refractivity (Wildman–Crippen MR) is 130 cm³/mol. The van der Waals surface area contributed by atoms with E-state index in [1.54, 1.807) is 9.80 Å². The number of carbonyl (C=O) groups is 1. The van der Waals surface area contributed by atoms with Gasteiger partial charge in [-0.1, -0.05) is 29.8 Å². The molecule has 1 amide bonds. The largest absolute Gasteiger partial charge is 0.384 e. The lowest BCUT2D eigenvalue weighted by Gasteiger charge is -2.41. The molecular formula is C27H22N6O. The summed E-state index contributed by atoms with van der Waals surface area (Å²) in [6.45, 7) is 7.93. The van der Waals surface area contributed by atoms with E-state index >= 15 is 0 Å². The molecule has 0 bridgehead atoms. The van der Waals surface area contributed by atoms with E-state index < -0.39 is 11.0 Å². The van der Waals surface area contributed by atoms with Crippen molar-refractivity contribution < 1.29 is 4.79 Å². The maximum absolute atomic E-state index is 14.6. The van der Waals surface area contributed by atoms with Gasteiger partial charge in [0.1, 0.15) is 23.8 Å². The molecule has 0 radical (unpaired) electrons. The van der Waals surface area contributed by atoms with Crippen molar-refractivity contribution in [2.75, 3.05) is 15.1 Å². The second kappa shape index (κ2) is 6.09. The lowest BCUT2D eigenvalue weighted by molar-refractivity contribution is -0.121. The first-order chi connectivity index (χ1) is 16.2. The molecule has 4 aliphatic heterocycles. The van der Waals surface area contributed by atoms with E-state index in [-0.39, 0.29) is 22.9 Å². The molecule has 0 saturated carbocycles. The van der Waals surface area contributed by atoms with Crippen LogP contribution in [-0.4, -0.2) is 11.4 Å². The van der Waals surface area contributed by atoms with Crippen molar-refractivity contribution in [3.05, 3.63) is 82.0 Å². The van der Waals surface area contributed by atoms with E-state index in [0.717, 1.165) is 33.8 Å². The first-order valence-electron chi connectivity index (χ1n) is 11.1. The molecule has 2 aromatic rings. The third-order valence-corrected chi connectivity index (χ3v) is 7.31. The number of aryl methyl sites for hydroxylation is 1. The molecule has 2 aromatic carbocycles. The van der Waals surface area contributed by atoms with Gasteiger partial charge in [0.25, 0.3) is 0 Å². The van der Waals surface area contributed by atoms with Crippen molar-refractivity contribution in [3.8, 4) is 12.1 Å². The van der Waals surface area contributed by atoms with Gasteiger partial charge in [0.15, 0.2) is 5.41 Å². The number of anilines is 3. The van der Waals surface area contributed by atoms with Gasteiger partial charge in [-0.2, -0.15) is 10.5 Å². The van der Waals surface area contributed by atoms with Crippen LogP contribution in [0, 0.1) is 29.6 Å². The number of hydrogen-bond donors (Lipinski definition) is 2. The molecule has 1 atom stereocenters. The lowest BCUT2D eigenvalue weighted by Crippen LogP contribution is -2.54. The molecule has 34 heavy (non-hydrogen) atoms. The average Bonchev–Trinajstić information content (AvgIpc) is 3.28. The number of nitriles is 2. The number of allylic oxidation sites excluding steroid dienone is 1. The highest BCUT2D eigenvalue weighted by Crippen LogP contribution is 2.60. The Kier molecular flexibility index (Phi) is 3.61. The fourth-order valence-electron chi connectivity index (χ4n) is 6.08. The Morgan fingerprint density at radius 2 is 1.76 bits per heavy atom. The Bertz CT molecular complexity index is 1540. The number of rotatable bonds is 0. The molecule has 4 aliphatic rings. The number of carbonyl (C=O) groups excluding carboxylic acids is 1. The van der Waals surface area contributed by atoms with Gasteiger partial charge < -0.3 is 16.0 Å². The smallest absolute Gasteiger partial charge is 0.249 e. The number of hydrogen-bond acceptors (Lipinski definition) is 6. The van der Waals surface area contributed by atoms with Gasteiger partial charge in [-0.05, 0) is 51.5 Å². The summed E-state index contributed by atoms with van der Waals surface area (Å²) in [6.07, 6.45) is 2.06. The van der Waals surface area contributed by atoms with Crippen molar-refractivity contribution in [2.24, 2.45) is 5.73 Å².